The fourth-order valence-corrected chi connectivity index (χ4v) is 1.55. The van der Waals surface area contributed by atoms with E-state index in [1.165, 1.54) is 0 Å². The van der Waals surface area contributed by atoms with E-state index in [0.717, 1.165) is 0 Å². The number of amides is 1. The van der Waals surface area contributed by atoms with Gasteiger partial charge < -0.3 is 15.4 Å². The molecule has 4 nitrogen and oxygen atoms in total. The van der Waals surface area contributed by atoms with Gasteiger partial charge in [-0.2, -0.15) is 0 Å². The van der Waals surface area contributed by atoms with Crippen molar-refractivity contribution in [2.24, 2.45) is 0 Å². The number of hydrogen-bond acceptors (Lipinski definition) is 3. The van der Waals surface area contributed by atoms with Gasteiger partial charge >= 0.3 is 0 Å². The number of halogens is 1. The van der Waals surface area contributed by atoms with Crippen molar-refractivity contribution in [3.8, 4) is 0 Å². The highest BCUT2D eigenvalue weighted by Crippen LogP contribution is 2.23. The number of carbonyl (C=O) groups excluding carboxylic acids is 1. The smallest absolute Gasteiger partial charge is 0.255 e. The molecule has 0 saturated heterocycles. The van der Waals surface area contributed by atoms with E-state index in [0.29, 0.717) is 36.0 Å². The van der Waals surface area contributed by atoms with Crippen LogP contribution in [0.4, 0.5) is 5.69 Å². The molecule has 0 aliphatic heterocycles. The zero-order chi connectivity index (χ0) is 12.8. The highest BCUT2D eigenvalue weighted by molar-refractivity contribution is 6.33. The standard InChI is InChI=1S/C12H17ClN2O2/c1-3-17-8-7-15(2)12(16)9-5-4-6-10(13)11(9)14/h4-6H,3,7-8,14H2,1-2H3. The second-order valence-electron chi connectivity index (χ2n) is 3.62. The summed E-state index contributed by atoms with van der Waals surface area (Å²) in [5, 5.41) is 0.397. The lowest BCUT2D eigenvalue weighted by Gasteiger charge is -2.18. The van der Waals surface area contributed by atoms with Crippen LogP contribution in [0.2, 0.25) is 5.02 Å². The van der Waals surface area contributed by atoms with Crippen LogP contribution < -0.4 is 5.73 Å². The van der Waals surface area contributed by atoms with Gasteiger partial charge in [-0.1, -0.05) is 17.7 Å². The Hall–Kier alpha value is -1.26. The third-order valence-corrected chi connectivity index (χ3v) is 2.73. The lowest BCUT2D eigenvalue weighted by atomic mass is 10.1. The van der Waals surface area contributed by atoms with Gasteiger partial charge in [0.15, 0.2) is 0 Å². The van der Waals surface area contributed by atoms with E-state index in [4.69, 9.17) is 22.1 Å². The third-order valence-electron chi connectivity index (χ3n) is 2.41. The van der Waals surface area contributed by atoms with Gasteiger partial charge in [0, 0.05) is 20.2 Å². The fourth-order valence-electron chi connectivity index (χ4n) is 1.38. The van der Waals surface area contributed by atoms with Crippen LogP contribution in [0.25, 0.3) is 0 Å². The molecular formula is C12H17ClN2O2. The first-order valence-electron chi connectivity index (χ1n) is 5.45. The number of rotatable bonds is 5. The molecule has 2 N–H and O–H groups in total. The molecule has 0 aromatic heterocycles. The van der Waals surface area contributed by atoms with Gasteiger partial charge in [0.2, 0.25) is 0 Å². The average Bonchev–Trinajstić information content (AvgIpc) is 2.32. The van der Waals surface area contributed by atoms with E-state index < -0.39 is 0 Å². The lowest BCUT2D eigenvalue weighted by Crippen LogP contribution is -2.30. The van der Waals surface area contributed by atoms with Gasteiger partial charge in [-0.05, 0) is 19.1 Å². The van der Waals surface area contributed by atoms with Gasteiger partial charge in [-0.3, -0.25) is 4.79 Å². The van der Waals surface area contributed by atoms with Crippen LogP contribution in [0.15, 0.2) is 18.2 Å². The molecule has 1 aromatic rings. The van der Waals surface area contributed by atoms with Gasteiger partial charge in [-0.15, -0.1) is 0 Å². The molecule has 0 aliphatic carbocycles. The molecule has 17 heavy (non-hydrogen) atoms. The summed E-state index contributed by atoms with van der Waals surface area (Å²) in [7, 11) is 1.71. The van der Waals surface area contributed by atoms with Crippen LogP contribution in [0.3, 0.4) is 0 Å². The minimum absolute atomic E-state index is 0.148. The minimum Gasteiger partial charge on any atom is -0.397 e. The highest BCUT2D eigenvalue weighted by Gasteiger charge is 2.15. The van der Waals surface area contributed by atoms with E-state index in [1.807, 2.05) is 6.92 Å². The number of likely N-dealkylation sites (N-methyl/N-ethyl adjacent to an activating group) is 1. The number of hydrogen-bond donors (Lipinski definition) is 1. The molecule has 1 rings (SSSR count). The number of benzene rings is 1. The first-order valence-corrected chi connectivity index (χ1v) is 5.83. The van der Waals surface area contributed by atoms with Crippen molar-refractivity contribution in [3.63, 3.8) is 0 Å². The summed E-state index contributed by atoms with van der Waals surface area (Å²) >= 11 is 5.87. The molecule has 0 saturated carbocycles. The van der Waals surface area contributed by atoms with Crippen molar-refractivity contribution in [2.75, 3.05) is 32.5 Å². The van der Waals surface area contributed by atoms with Crippen LogP contribution in [-0.4, -0.2) is 37.6 Å². The lowest BCUT2D eigenvalue weighted by molar-refractivity contribution is 0.0711. The normalized spacial score (nSPS) is 10.3. The van der Waals surface area contributed by atoms with Crippen LogP contribution in [-0.2, 0) is 4.74 Å². The van der Waals surface area contributed by atoms with Crippen LogP contribution in [0.1, 0.15) is 17.3 Å². The SMILES string of the molecule is CCOCCN(C)C(=O)c1cccc(Cl)c1N. The Bertz CT molecular complexity index is 396. The molecule has 94 valence electrons. The maximum absolute atomic E-state index is 12.0. The Morgan fingerprint density at radius 1 is 1.53 bits per heavy atom. The molecule has 1 aromatic carbocycles. The zero-order valence-electron chi connectivity index (χ0n) is 10.1. The Morgan fingerprint density at radius 2 is 2.24 bits per heavy atom. The van der Waals surface area contributed by atoms with E-state index in [-0.39, 0.29) is 5.91 Å². The summed E-state index contributed by atoms with van der Waals surface area (Å²) in [6.07, 6.45) is 0. The predicted octanol–water partition coefficient (Wildman–Crippen LogP) is 2.03. The van der Waals surface area contributed by atoms with Gasteiger partial charge in [-0.25, -0.2) is 0 Å². The van der Waals surface area contributed by atoms with Crippen LogP contribution in [0, 0.1) is 0 Å². The van der Waals surface area contributed by atoms with Crippen LogP contribution in [0.5, 0.6) is 0 Å². The molecule has 0 bridgehead atoms. The Labute approximate surface area is 106 Å². The summed E-state index contributed by atoms with van der Waals surface area (Å²) in [4.78, 5) is 13.6. The topological polar surface area (TPSA) is 55.6 Å². The Morgan fingerprint density at radius 3 is 2.88 bits per heavy atom. The van der Waals surface area contributed by atoms with Gasteiger partial charge in [0.25, 0.3) is 5.91 Å². The number of nitrogen functional groups attached to an aromatic ring is 1. The third kappa shape index (κ3) is 3.61. The Balaban J connectivity index is 2.71. The van der Waals surface area contributed by atoms with Crippen molar-refractivity contribution in [1.82, 2.24) is 4.90 Å². The molecule has 0 heterocycles. The molecule has 1 amide bonds. The maximum Gasteiger partial charge on any atom is 0.255 e. The largest absolute Gasteiger partial charge is 0.397 e. The number of para-hydroxylation sites is 1. The van der Waals surface area contributed by atoms with Gasteiger partial charge in [0.05, 0.1) is 22.9 Å². The molecular weight excluding hydrogens is 240 g/mol. The monoisotopic (exact) mass is 256 g/mol. The number of ether oxygens (including phenoxy) is 1. The first kappa shape index (κ1) is 13.8. The predicted molar refractivity (Wildman–Crippen MR) is 69.3 cm³/mol. The number of nitrogens with zero attached hydrogens (tertiary/aromatic N) is 1. The first-order chi connectivity index (χ1) is 8.07. The van der Waals surface area contributed by atoms with E-state index in [2.05, 4.69) is 0 Å². The molecule has 0 unspecified atom stereocenters. The number of anilines is 1. The minimum atomic E-state index is -0.148. The molecule has 5 heteroatoms. The summed E-state index contributed by atoms with van der Waals surface area (Å²) < 4.78 is 5.19. The molecule has 0 radical (unpaired) electrons. The van der Waals surface area contributed by atoms with Crippen molar-refractivity contribution in [3.05, 3.63) is 28.8 Å². The van der Waals surface area contributed by atoms with Crippen molar-refractivity contribution in [1.29, 1.82) is 0 Å². The van der Waals surface area contributed by atoms with E-state index >= 15 is 0 Å². The number of nitrogens with two attached hydrogens (primary N) is 1. The van der Waals surface area contributed by atoms with Gasteiger partial charge in [0.1, 0.15) is 0 Å². The fraction of sp³-hybridized carbons (Fsp3) is 0.417. The number of carbonyl (C=O) groups is 1. The van der Waals surface area contributed by atoms with Crippen molar-refractivity contribution >= 4 is 23.2 Å². The Kier molecular flexibility index (Phi) is 5.25. The quantitative estimate of drug-likeness (QED) is 0.648. The van der Waals surface area contributed by atoms with E-state index in [9.17, 15) is 4.79 Å². The van der Waals surface area contributed by atoms with Crippen molar-refractivity contribution < 1.29 is 9.53 Å². The zero-order valence-corrected chi connectivity index (χ0v) is 10.8. The summed E-state index contributed by atoms with van der Waals surface area (Å²) in [6, 6.07) is 5.04. The maximum atomic E-state index is 12.0. The molecule has 0 atom stereocenters. The highest BCUT2D eigenvalue weighted by atomic mass is 35.5. The van der Waals surface area contributed by atoms with Crippen LogP contribution >= 0.6 is 11.6 Å². The van der Waals surface area contributed by atoms with E-state index in [1.54, 1.807) is 30.1 Å². The molecule has 0 fully saturated rings. The average molecular weight is 257 g/mol. The molecule has 0 spiro atoms. The summed E-state index contributed by atoms with van der Waals surface area (Å²) in [5.41, 5.74) is 6.51. The second-order valence-corrected chi connectivity index (χ2v) is 4.03. The second kappa shape index (κ2) is 6.47. The summed E-state index contributed by atoms with van der Waals surface area (Å²) in [5.74, 6) is -0.148. The molecule has 0 aliphatic rings. The summed E-state index contributed by atoms with van der Waals surface area (Å²) in [6.45, 7) is 3.59. The van der Waals surface area contributed by atoms with Crippen molar-refractivity contribution in [2.45, 2.75) is 6.92 Å².